The van der Waals surface area contributed by atoms with Gasteiger partial charge in [-0.1, -0.05) is 15.9 Å². The summed E-state index contributed by atoms with van der Waals surface area (Å²) in [5, 5.41) is 0.916. The van der Waals surface area contributed by atoms with Gasteiger partial charge in [0.2, 0.25) is 11.8 Å². The second-order valence-corrected chi connectivity index (χ2v) is 6.22. The van der Waals surface area contributed by atoms with Gasteiger partial charge in [-0.05, 0) is 31.6 Å². The molecule has 1 amide bonds. The van der Waals surface area contributed by atoms with Gasteiger partial charge in [0, 0.05) is 37.2 Å². The monoisotopic (exact) mass is 323 g/mol. The number of halogens is 3. The summed E-state index contributed by atoms with van der Waals surface area (Å²) in [7, 11) is 0. The highest BCUT2D eigenvalue weighted by Gasteiger charge is 2.39. The molecule has 1 heterocycles. The zero-order valence-electron chi connectivity index (χ0n) is 10.5. The number of rotatable bonds is 2. The number of hydrogen-bond donors (Lipinski definition) is 0. The van der Waals surface area contributed by atoms with Crippen molar-refractivity contribution < 1.29 is 13.6 Å². The molecule has 1 aliphatic carbocycles. The lowest BCUT2D eigenvalue weighted by Crippen LogP contribution is -2.44. The van der Waals surface area contributed by atoms with E-state index in [0.29, 0.717) is 18.8 Å². The molecular weight excluding hydrogens is 304 g/mol. The molecule has 0 aromatic heterocycles. The van der Waals surface area contributed by atoms with Gasteiger partial charge in [0.15, 0.2) is 0 Å². The number of carbonyl (C=O) groups excluding carboxylic acids is 1. The maximum absolute atomic E-state index is 13.1. The summed E-state index contributed by atoms with van der Waals surface area (Å²) < 4.78 is 26.1. The van der Waals surface area contributed by atoms with Crippen LogP contribution in [0, 0.1) is 11.8 Å². The molecule has 18 heavy (non-hydrogen) atoms. The molecule has 2 nitrogen and oxygen atoms in total. The van der Waals surface area contributed by atoms with Crippen LogP contribution in [0.5, 0.6) is 0 Å². The third-order valence-electron chi connectivity index (χ3n) is 4.12. The number of carbonyl (C=O) groups is 1. The van der Waals surface area contributed by atoms with E-state index in [-0.39, 0.29) is 24.7 Å². The maximum Gasteiger partial charge on any atom is 0.248 e. The number of likely N-dealkylation sites (tertiary alicyclic amines) is 1. The molecule has 104 valence electrons. The van der Waals surface area contributed by atoms with Gasteiger partial charge in [0.05, 0.1) is 0 Å². The van der Waals surface area contributed by atoms with Crippen molar-refractivity contribution in [1.29, 1.82) is 0 Å². The van der Waals surface area contributed by atoms with Gasteiger partial charge in [-0.15, -0.1) is 0 Å². The van der Waals surface area contributed by atoms with E-state index < -0.39 is 5.92 Å². The van der Waals surface area contributed by atoms with E-state index in [9.17, 15) is 13.6 Å². The molecule has 1 unspecified atom stereocenters. The highest BCUT2D eigenvalue weighted by atomic mass is 79.9. The molecule has 0 N–H and O–H groups in total. The second-order valence-electron chi connectivity index (χ2n) is 5.58. The quantitative estimate of drug-likeness (QED) is 0.713. The van der Waals surface area contributed by atoms with Crippen molar-refractivity contribution in [2.24, 2.45) is 11.8 Å². The summed E-state index contributed by atoms with van der Waals surface area (Å²) in [6.07, 6.45) is 2.63. The molecule has 2 fully saturated rings. The van der Waals surface area contributed by atoms with E-state index in [2.05, 4.69) is 15.9 Å². The molecule has 2 aliphatic rings. The fourth-order valence-corrected chi connectivity index (χ4v) is 3.46. The molecule has 1 aliphatic heterocycles. The first-order chi connectivity index (χ1) is 8.52. The number of alkyl halides is 3. The first kappa shape index (κ1) is 14.2. The van der Waals surface area contributed by atoms with Crippen molar-refractivity contribution in [3.8, 4) is 0 Å². The predicted octanol–water partition coefficient (Wildman–Crippen LogP) is 3.45. The van der Waals surface area contributed by atoms with E-state index in [4.69, 9.17) is 0 Å². The largest absolute Gasteiger partial charge is 0.342 e. The normalized spacial score (nSPS) is 29.3. The van der Waals surface area contributed by atoms with Crippen molar-refractivity contribution >= 4 is 21.8 Å². The minimum atomic E-state index is -2.54. The highest BCUT2D eigenvalue weighted by molar-refractivity contribution is 9.09. The van der Waals surface area contributed by atoms with Crippen LogP contribution in [0.4, 0.5) is 8.78 Å². The molecule has 5 heteroatoms. The van der Waals surface area contributed by atoms with Gasteiger partial charge in [0.25, 0.3) is 0 Å². The van der Waals surface area contributed by atoms with E-state index in [1.165, 1.54) is 0 Å². The molecule has 1 saturated heterocycles. The second kappa shape index (κ2) is 5.85. The van der Waals surface area contributed by atoms with Crippen molar-refractivity contribution in [1.82, 2.24) is 4.90 Å². The average Bonchev–Trinajstić information content (AvgIpc) is 2.38. The zero-order valence-corrected chi connectivity index (χ0v) is 12.1. The fraction of sp³-hybridized carbons (Fsp3) is 0.923. The molecule has 0 radical (unpaired) electrons. The van der Waals surface area contributed by atoms with Crippen LogP contribution < -0.4 is 0 Å². The van der Waals surface area contributed by atoms with Gasteiger partial charge < -0.3 is 4.90 Å². The first-order valence-electron chi connectivity index (χ1n) is 6.74. The lowest BCUT2D eigenvalue weighted by Gasteiger charge is -2.36. The van der Waals surface area contributed by atoms with E-state index in [1.54, 1.807) is 0 Å². The number of nitrogens with zero attached hydrogens (tertiary/aromatic N) is 1. The summed E-state index contributed by atoms with van der Waals surface area (Å²) in [6, 6.07) is 0. The Morgan fingerprint density at radius 2 is 1.94 bits per heavy atom. The van der Waals surface area contributed by atoms with Gasteiger partial charge >= 0.3 is 0 Å². The van der Waals surface area contributed by atoms with Gasteiger partial charge in [-0.2, -0.15) is 0 Å². The van der Waals surface area contributed by atoms with Crippen LogP contribution >= 0.6 is 15.9 Å². The van der Waals surface area contributed by atoms with Crippen LogP contribution in [0.2, 0.25) is 0 Å². The van der Waals surface area contributed by atoms with Crippen LogP contribution in [-0.4, -0.2) is 35.1 Å². The smallest absolute Gasteiger partial charge is 0.248 e. The molecule has 0 spiro atoms. The Morgan fingerprint density at radius 3 is 2.56 bits per heavy atom. The number of amides is 1. The minimum Gasteiger partial charge on any atom is -0.342 e. The van der Waals surface area contributed by atoms with Gasteiger partial charge in [-0.25, -0.2) is 8.78 Å². The average molecular weight is 324 g/mol. The van der Waals surface area contributed by atoms with Crippen molar-refractivity contribution in [3.63, 3.8) is 0 Å². The maximum atomic E-state index is 13.1. The summed E-state index contributed by atoms with van der Waals surface area (Å²) in [5.74, 6) is -2.08. The molecule has 0 aromatic carbocycles. The van der Waals surface area contributed by atoms with E-state index in [1.807, 2.05) is 4.90 Å². The van der Waals surface area contributed by atoms with Crippen LogP contribution in [0.1, 0.15) is 38.5 Å². The Labute approximate surface area is 115 Å². The molecule has 1 atom stereocenters. The van der Waals surface area contributed by atoms with Gasteiger partial charge in [-0.3, -0.25) is 4.79 Å². The summed E-state index contributed by atoms with van der Waals surface area (Å²) in [4.78, 5) is 14.2. The molecule has 0 aromatic rings. The van der Waals surface area contributed by atoms with Crippen molar-refractivity contribution in [2.75, 3.05) is 18.4 Å². The third-order valence-corrected chi connectivity index (χ3v) is 5.03. The lowest BCUT2D eigenvalue weighted by molar-refractivity contribution is -0.141. The Hall–Kier alpha value is -0.190. The predicted molar refractivity (Wildman–Crippen MR) is 70.0 cm³/mol. The number of piperidine rings is 1. The highest BCUT2D eigenvalue weighted by Crippen LogP contribution is 2.37. The Morgan fingerprint density at radius 1 is 1.28 bits per heavy atom. The van der Waals surface area contributed by atoms with Crippen LogP contribution in [0.3, 0.4) is 0 Å². The topological polar surface area (TPSA) is 20.3 Å². The Bertz CT molecular complexity index is 301. The van der Waals surface area contributed by atoms with Crippen LogP contribution in [0.25, 0.3) is 0 Å². The molecule has 0 bridgehead atoms. The van der Waals surface area contributed by atoms with Crippen molar-refractivity contribution in [3.05, 3.63) is 0 Å². The van der Waals surface area contributed by atoms with E-state index >= 15 is 0 Å². The molecule has 1 saturated carbocycles. The number of hydrogen-bond acceptors (Lipinski definition) is 1. The Kier molecular flexibility index (Phi) is 4.62. The SMILES string of the molecule is O=C(C1CCC(F)(F)CC1)N1CCCC(CBr)C1. The van der Waals surface area contributed by atoms with Crippen molar-refractivity contribution in [2.45, 2.75) is 44.4 Å². The van der Waals surface area contributed by atoms with Crippen LogP contribution in [0.15, 0.2) is 0 Å². The van der Waals surface area contributed by atoms with Crippen LogP contribution in [-0.2, 0) is 4.79 Å². The Balaban J connectivity index is 1.87. The first-order valence-corrected chi connectivity index (χ1v) is 7.86. The summed E-state index contributed by atoms with van der Waals surface area (Å²) >= 11 is 3.46. The lowest BCUT2D eigenvalue weighted by atomic mass is 9.85. The fourth-order valence-electron chi connectivity index (χ4n) is 2.94. The molecular formula is C13H20BrF2NO. The standard InChI is InChI=1S/C13H20BrF2NO/c14-8-10-2-1-7-17(9-10)12(18)11-3-5-13(15,16)6-4-11/h10-11H,1-9H2. The molecule has 2 rings (SSSR count). The minimum absolute atomic E-state index is 0.108. The zero-order chi connectivity index (χ0) is 13.2. The van der Waals surface area contributed by atoms with Gasteiger partial charge in [0.1, 0.15) is 0 Å². The summed E-state index contributed by atoms with van der Waals surface area (Å²) in [5.41, 5.74) is 0. The summed E-state index contributed by atoms with van der Waals surface area (Å²) in [6.45, 7) is 1.59. The van der Waals surface area contributed by atoms with E-state index in [0.717, 1.165) is 31.3 Å². The third kappa shape index (κ3) is 3.43.